The van der Waals surface area contributed by atoms with Crippen molar-refractivity contribution in [3.63, 3.8) is 0 Å². The van der Waals surface area contributed by atoms with Crippen LogP contribution in [0.5, 0.6) is 0 Å². The molecule has 7 heteroatoms. The molecular formula is C23H28N4O2S. The molecule has 0 N–H and O–H groups in total. The number of nitrogens with zero attached hydrogens (tertiary/aromatic N) is 4. The van der Waals surface area contributed by atoms with Gasteiger partial charge in [-0.3, -0.25) is 14.5 Å². The van der Waals surface area contributed by atoms with E-state index in [0.717, 1.165) is 36.8 Å². The zero-order valence-corrected chi connectivity index (χ0v) is 18.8. The molecule has 4 rings (SSSR count). The zero-order chi connectivity index (χ0) is 21.4. The summed E-state index contributed by atoms with van der Waals surface area (Å²) < 4.78 is 0. The van der Waals surface area contributed by atoms with Crippen molar-refractivity contribution in [2.75, 3.05) is 31.1 Å². The van der Waals surface area contributed by atoms with Gasteiger partial charge in [0.15, 0.2) is 0 Å². The van der Waals surface area contributed by atoms with Crippen LogP contribution >= 0.6 is 11.8 Å². The molecule has 6 nitrogen and oxygen atoms in total. The fourth-order valence-corrected chi connectivity index (χ4v) is 5.09. The molecule has 1 aromatic heterocycles. The first kappa shape index (κ1) is 20.9. The Kier molecular flexibility index (Phi) is 5.84. The van der Waals surface area contributed by atoms with Crippen LogP contribution in [0.4, 0.5) is 5.69 Å². The molecule has 2 amide bonds. The van der Waals surface area contributed by atoms with Gasteiger partial charge in [-0.25, -0.2) is 4.98 Å². The normalized spacial score (nSPS) is 17.2. The van der Waals surface area contributed by atoms with Crippen molar-refractivity contribution >= 4 is 29.3 Å². The molecule has 1 fully saturated rings. The van der Waals surface area contributed by atoms with Crippen LogP contribution in [0.15, 0.2) is 46.5 Å². The topological polar surface area (TPSA) is 56.8 Å². The Bertz CT molecular complexity index is 967. The number of carbonyl (C=O) groups is 2. The molecule has 2 aromatic rings. The average Bonchev–Trinajstić information content (AvgIpc) is 2.86. The van der Waals surface area contributed by atoms with E-state index in [4.69, 9.17) is 0 Å². The van der Waals surface area contributed by atoms with Gasteiger partial charge < -0.3 is 9.80 Å². The average molecular weight is 425 g/mol. The van der Waals surface area contributed by atoms with Gasteiger partial charge in [0, 0.05) is 54.9 Å². The van der Waals surface area contributed by atoms with E-state index < -0.39 is 0 Å². The number of anilines is 1. The molecule has 30 heavy (non-hydrogen) atoms. The van der Waals surface area contributed by atoms with Gasteiger partial charge in [-0.15, -0.1) is 0 Å². The SMILES string of the molecule is CC(C)N1CCN(C(=O)c2ccc3c(c2)Sc2ncccc2C(=O)N3C(C)C)CC1. The lowest BCUT2D eigenvalue weighted by Crippen LogP contribution is -2.50. The Morgan fingerprint density at radius 2 is 1.77 bits per heavy atom. The highest BCUT2D eigenvalue weighted by Crippen LogP contribution is 2.41. The summed E-state index contributed by atoms with van der Waals surface area (Å²) in [6, 6.07) is 9.78. The van der Waals surface area contributed by atoms with E-state index >= 15 is 0 Å². The van der Waals surface area contributed by atoms with Gasteiger partial charge in [0.2, 0.25) is 0 Å². The van der Waals surface area contributed by atoms with Crippen molar-refractivity contribution in [1.29, 1.82) is 0 Å². The maximum atomic E-state index is 13.2. The second-order valence-corrected chi connectivity index (χ2v) is 9.36. The molecule has 3 heterocycles. The first-order chi connectivity index (χ1) is 14.4. The summed E-state index contributed by atoms with van der Waals surface area (Å²) in [4.78, 5) is 37.8. The summed E-state index contributed by atoms with van der Waals surface area (Å²) in [5, 5.41) is 0.682. The van der Waals surface area contributed by atoms with Gasteiger partial charge in [0.25, 0.3) is 11.8 Å². The molecule has 1 saturated heterocycles. The third-order valence-corrected chi connectivity index (χ3v) is 6.81. The van der Waals surface area contributed by atoms with Crippen LogP contribution in [0.1, 0.15) is 48.4 Å². The molecule has 0 radical (unpaired) electrons. The zero-order valence-electron chi connectivity index (χ0n) is 18.0. The second kappa shape index (κ2) is 8.40. The molecule has 1 aromatic carbocycles. The fraction of sp³-hybridized carbons (Fsp3) is 0.435. The Labute approximate surface area is 182 Å². The van der Waals surface area contributed by atoms with Crippen molar-refractivity contribution in [2.45, 2.75) is 49.7 Å². The molecule has 0 spiro atoms. The summed E-state index contributed by atoms with van der Waals surface area (Å²) in [6.45, 7) is 11.7. The molecule has 0 unspecified atom stereocenters. The lowest BCUT2D eigenvalue weighted by Gasteiger charge is -2.37. The number of pyridine rings is 1. The highest BCUT2D eigenvalue weighted by atomic mass is 32.2. The first-order valence-electron chi connectivity index (χ1n) is 10.5. The predicted octanol–water partition coefficient (Wildman–Crippen LogP) is 3.77. The number of hydrogen-bond acceptors (Lipinski definition) is 5. The highest BCUT2D eigenvalue weighted by molar-refractivity contribution is 7.99. The van der Waals surface area contributed by atoms with E-state index in [2.05, 4.69) is 23.7 Å². The third-order valence-electron chi connectivity index (χ3n) is 5.74. The van der Waals surface area contributed by atoms with Crippen molar-refractivity contribution in [2.24, 2.45) is 0 Å². The van der Waals surface area contributed by atoms with Crippen LogP contribution in [0.25, 0.3) is 0 Å². The maximum absolute atomic E-state index is 13.2. The number of rotatable bonds is 3. The van der Waals surface area contributed by atoms with Crippen molar-refractivity contribution in [1.82, 2.24) is 14.8 Å². The monoisotopic (exact) mass is 424 g/mol. The second-order valence-electron chi connectivity index (χ2n) is 8.33. The number of benzene rings is 1. The van der Waals surface area contributed by atoms with Gasteiger partial charge in [-0.1, -0.05) is 11.8 Å². The Hall–Kier alpha value is -2.38. The largest absolute Gasteiger partial charge is 0.336 e. The number of fused-ring (bicyclic) bond motifs is 2. The number of amides is 2. The lowest BCUT2D eigenvalue weighted by molar-refractivity contribution is 0.0595. The van der Waals surface area contributed by atoms with Gasteiger partial charge in [-0.05, 0) is 58.0 Å². The number of piperazine rings is 1. The number of aromatic nitrogens is 1. The number of hydrogen-bond donors (Lipinski definition) is 0. The molecule has 2 aliphatic heterocycles. The summed E-state index contributed by atoms with van der Waals surface area (Å²) >= 11 is 1.46. The minimum Gasteiger partial charge on any atom is -0.336 e. The quantitative estimate of drug-likeness (QED) is 0.751. The van der Waals surface area contributed by atoms with Crippen LogP contribution in [0.2, 0.25) is 0 Å². The minimum atomic E-state index is -0.0526. The molecule has 158 valence electrons. The van der Waals surface area contributed by atoms with Gasteiger partial charge in [0.05, 0.1) is 11.3 Å². The van der Waals surface area contributed by atoms with Crippen LogP contribution in [-0.4, -0.2) is 64.9 Å². The van der Waals surface area contributed by atoms with E-state index in [-0.39, 0.29) is 17.9 Å². The summed E-state index contributed by atoms with van der Waals surface area (Å²) in [7, 11) is 0. The molecular weight excluding hydrogens is 396 g/mol. The Morgan fingerprint density at radius 3 is 2.43 bits per heavy atom. The number of carbonyl (C=O) groups excluding carboxylic acids is 2. The summed E-state index contributed by atoms with van der Waals surface area (Å²) in [5.41, 5.74) is 2.10. The Balaban J connectivity index is 1.65. The summed E-state index contributed by atoms with van der Waals surface area (Å²) in [6.07, 6.45) is 1.70. The van der Waals surface area contributed by atoms with E-state index in [0.29, 0.717) is 22.2 Å². The van der Waals surface area contributed by atoms with Crippen LogP contribution in [-0.2, 0) is 0 Å². The standard InChI is InChI=1S/C23H28N4O2S/c1-15(2)25-10-12-26(13-11-25)22(28)17-7-8-19-20(14-17)30-21-18(6-5-9-24-21)23(29)27(19)16(3)4/h5-9,14-16H,10-13H2,1-4H3. The molecule has 0 aliphatic carbocycles. The maximum Gasteiger partial charge on any atom is 0.261 e. The third kappa shape index (κ3) is 3.84. The molecule has 0 saturated carbocycles. The van der Waals surface area contributed by atoms with Crippen LogP contribution in [0.3, 0.4) is 0 Å². The molecule has 0 atom stereocenters. The van der Waals surface area contributed by atoms with E-state index in [1.54, 1.807) is 17.2 Å². The predicted molar refractivity (Wildman–Crippen MR) is 119 cm³/mol. The van der Waals surface area contributed by atoms with Gasteiger partial charge in [-0.2, -0.15) is 0 Å². The van der Waals surface area contributed by atoms with Crippen LogP contribution < -0.4 is 4.90 Å². The molecule has 0 bridgehead atoms. The van der Waals surface area contributed by atoms with E-state index in [1.165, 1.54) is 11.8 Å². The Morgan fingerprint density at radius 1 is 1.03 bits per heavy atom. The fourth-order valence-electron chi connectivity index (χ4n) is 4.04. The highest BCUT2D eigenvalue weighted by Gasteiger charge is 2.31. The minimum absolute atomic E-state index is 0.00586. The smallest absolute Gasteiger partial charge is 0.261 e. The van der Waals surface area contributed by atoms with E-state index in [9.17, 15) is 9.59 Å². The van der Waals surface area contributed by atoms with Gasteiger partial charge >= 0.3 is 0 Å². The van der Waals surface area contributed by atoms with Crippen molar-refractivity contribution in [3.05, 3.63) is 47.7 Å². The van der Waals surface area contributed by atoms with Crippen molar-refractivity contribution < 1.29 is 9.59 Å². The van der Waals surface area contributed by atoms with Crippen molar-refractivity contribution in [3.8, 4) is 0 Å². The lowest BCUT2D eigenvalue weighted by atomic mass is 10.1. The first-order valence-corrected chi connectivity index (χ1v) is 11.3. The molecule has 2 aliphatic rings. The summed E-state index contributed by atoms with van der Waals surface area (Å²) in [5.74, 6) is -0.00189. The van der Waals surface area contributed by atoms with Gasteiger partial charge in [0.1, 0.15) is 5.03 Å². The van der Waals surface area contributed by atoms with Crippen LogP contribution in [0, 0.1) is 0 Å². The van der Waals surface area contributed by atoms with E-state index in [1.807, 2.05) is 43.0 Å².